The molecule has 0 aliphatic heterocycles. The molecule has 0 aromatic heterocycles. The van der Waals surface area contributed by atoms with E-state index in [0.717, 1.165) is 18.9 Å². The van der Waals surface area contributed by atoms with E-state index in [1.54, 1.807) is 0 Å². The van der Waals surface area contributed by atoms with Crippen LogP contribution in [0.15, 0.2) is 16.6 Å². The molecule has 2 N–H and O–H groups in total. The summed E-state index contributed by atoms with van der Waals surface area (Å²) < 4.78 is 13.3. The van der Waals surface area contributed by atoms with E-state index in [-0.39, 0.29) is 28.7 Å². The highest BCUT2D eigenvalue weighted by Crippen LogP contribution is 2.30. The molecule has 0 heterocycles. The van der Waals surface area contributed by atoms with E-state index in [2.05, 4.69) is 26.6 Å². The van der Waals surface area contributed by atoms with E-state index >= 15 is 0 Å². The van der Waals surface area contributed by atoms with Crippen molar-refractivity contribution >= 4 is 33.2 Å². The first kappa shape index (κ1) is 13.7. The van der Waals surface area contributed by atoms with Gasteiger partial charge in [0.15, 0.2) is 0 Å². The SMILES string of the molecule is O=C(CNc1cc(Br)c(F)cc1[N+](=O)[O-])NC1CC1. The molecule has 1 saturated carbocycles. The Balaban J connectivity index is 2.07. The summed E-state index contributed by atoms with van der Waals surface area (Å²) in [5.74, 6) is -0.961. The Hall–Kier alpha value is -1.70. The van der Waals surface area contributed by atoms with Crippen LogP contribution >= 0.6 is 15.9 Å². The van der Waals surface area contributed by atoms with Crippen molar-refractivity contribution in [3.05, 3.63) is 32.5 Å². The molecule has 0 atom stereocenters. The Morgan fingerprint density at radius 3 is 2.79 bits per heavy atom. The molecule has 0 radical (unpaired) electrons. The highest BCUT2D eigenvalue weighted by atomic mass is 79.9. The standard InChI is InChI=1S/C11H11BrFN3O3/c12-7-3-9(10(16(18)19)4-8(7)13)14-5-11(17)15-6-1-2-6/h3-4,6,14H,1-2,5H2,(H,15,17). The molecule has 1 aliphatic rings. The number of nitro groups is 1. The summed E-state index contributed by atoms with van der Waals surface area (Å²) in [6, 6.07) is 2.28. The van der Waals surface area contributed by atoms with Crippen molar-refractivity contribution in [3.8, 4) is 0 Å². The predicted octanol–water partition coefficient (Wildman–Crippen LogP) is 2.19. The van der Waals surface area contributed by atoms with E-state index in [1.165, 1.54) is 6.07 Å². The molecule has 8 heteroatoms. The number of nitrogens with one attached hydrogen (secondary N) is 2. The second-order valence-corrected chi connectivity index (χ2v) is 5.09. The Labute approximate surface area is 116 Å². The number of nitro benzene ring substituents is 1. The smallest absolute Gasteiger partial charge is 0.295 e. The molecular weight excluding hydrogens is 321 g/mol. The quantitative estimate of drug-likeness (QED) is 0.639. The highest BCUT2D eigenvalue weighted by molar-refractivity contribution is 9.10. The summed E-state index contributed by atoms with van der Waals surface area (Å²) in [5, 5.41) is 16.2. The predicted molar refractivity (Wildman–Crippen MR) is 70.4 cm³/mol. The van der Waals surface area contributed by atoms with Gasteiger partial charge in [-0.25, -0.2) is 4.39 Å². The number of hydrogen-bond acceptors (Lipinski definition) is 4. The fourth-order valence-electron chi connectivity index (χ4n) is 1.51. The topological polar surface area (TPSA) is 84.3 Å². The van der Waals surface area contributed by atoms with Crippen LogP contribution in [0.2, 0.25) is 0 Å². The van der Waals surface area contributed by atoms with E-state index in [4.69, 9.17) is 0 Å². The van der Waals surface area contributed by atoms with Gasteiger partial charge in [0, 0.05) is 6.04 Å². The minimum atomic E-state index is -0.723. The van der Waals surface area contributed by atoms with Crippen LogP contribution in [0.5, 0.6) is 0 Å². The zero-order chi connectivity index (χ0) is 14.0. The molecule has 0 unspecified atom stereocenters. The third-order valence-corrected chi connectivity index (χ3v) is 3.22. The minimum Gasteiger partial charge on any atom is -0.371 e. The third-order valence-electron chi connectivity index (χ3n) is 2.62. The van der Waals surface area contributed by atoms with E-state index in [0.29, 0.717) is 0 Å². The maximum absolute atomic E-state index is 13.2. The van der Waals surface area contributed by atoms with Gasteiger partial charge in [0.1, 0.15) is 11.5 Å². The molecule has 19 heavy (non-hydrogen) atoms. The van der Waals surface area contributed by atoms with Crippen molar-refractivity contribution in [1.29, 1.82) is 0 Å². The molecule has 6 nitrogen and oxygen atoms in total. The molecule has 1 aromatic rings. The number of nitrogens with zero attached hydrogens (tertiary/aromatic N) is 1. The summed E-state index contributed by atoms with van der Waals surface area (Å²) in [6.45, 7) is -0.0879. The lowest BCUT2D eigenvalue weighted by Gasteiger charge is -2.08. The molecule has 1 amide bonds. The van der Waals surface area contributed by atoms with Gasteiger partial charge in [-0.05, 0) is 34.8 Å². The van der Waals surface area contributed by atoms with Gasteiger partial charge in [-0.15, -0.1) is 0 Å². The zero-order valence-corrected chi connectivity index (χ0v) is 11.4. The van der Waals surface area contributed by atoms with Crippen molar-refractivity contribution in [2.24, 2.45) is 0 Å². The molecule has 1 aliphatic carbocycles. The molecule has 0 bridgehead atoms. The number of amides is 1. The minimum absolute atomic E-state index is 0.0879. The van der Waals surface area contributed by atoms with Gasteiger partial charge in [-0.1, -0.05) is 0 Å². The van der Waals surface area contributed by atoms with Gasteiger partial charge in [0.25, 0.3) is 5.69 Å². The van der Waals surface area contributed by atoms with Gasteiger partial charge in [0.05, 0.1) is 22.0 Å². The highest BCUT2D eigenvalue weighted by Gasteiger charge is 2.23. The molecule has 1 aromatic carbocycles. The molecule has 1 fully saturated rings. The van der Waals surface area contributed by atoms with Gasteiger partial charge < -0.3 is 10.6 Å². The van der Waals surface area contributed by atoms with Crippen LogP contribution < -0.4 is 10.6 Å². The van der Waals surface area contributed by atoms with Crippen LogP contribution in [-0.4, -0.2) is 23.4 Å². The summed E-state index contributed by atoms with van der Waals surface area (Å²) >= 11 is 2.95. The van der Waals surface area contributed by atoms with E-state index < -0.39 is 16.4 Å². The number of carbonyl (C=O) groups excluding carboxylic acids is 1. The first-order valence-corrected chi connectivity index (χ1v) is 6.43. The van der Waals surface area contributed by atoms with Crippen molar-refractivity contribution in [1.82, 2.24) is 5.32 Å². The fourth-order valence-corrected chi connectivity index (χ4v) is 1.85. The van der Waals surface area contributed by atoms with Crippen LogP contribution in [-0.2, 0) is 4.79 Å². The van der Waals surface area contributed by atoms with Gasteiger partial charge in [0.2, 0.25) is 5.91 Å². The summed E-state index contributed by atoms with van der Waals surface area (Å²) in [6.07, 6.45) is 1.93. The lowest BCUT2D eigenvalue weighted by atomic mass is 10.2. The van der Waals surface area contributed by atoms with Crippen LogP contribution in [0.4, 0.5) is 15.8 Å². The molecule has 0 spiro atoms. The monoisotopic (exact) mass is 331 g/mol. The van der Waals surface area contributed by atoms with Gasteiger partial charge in [-0.3, -0.25) is 14.9 Å². The van der Waals surface area contributed by atoms with E-state index in [9.17, 15) is 19.3 Å². The van der Waals surface area contributed by atoms with Crippen molar-refractivity contribution in [2.45, 2.75) is 18.9 Å². The molecule has 0 saturated heterocycles. The maximum atomic E-state index is 13.2. The number of hydrogen-bond donors (Lipinski definition) is 2. The van der Waals surface area contributed by atoms with Gasteiger partial charge >= 0.3 is 0 Å². The van der Waals surface area contributed by atoms with Crippen LogP contribution in [0, 0.1) is 15.9 Å². The lowest BCUT2D eigenvalue weighted by Crippen LogP contribution is -2.31. The second-order valence-electron chi connectivity index (χ2n) is 4.24. The Morgan fingerprint density at radius 2 is 2.21 bits per heavy atom. The number of carbonyl (C=O) groups is 1. The number of benzene rings is 1. The van der Waals surface area contributed by atoms with Gasteiger partial charge in [-0.2, -0.15) is 0 Å². The maximum Gasteiger partial charge on any atom is 0.295 e. The number of halogens is 2. The molecule has 2 rings (SSSR count). The Kier molecular flexibility index (Phi) is 3.98. The van der Waals surface area contributed by atoms with Crippen molar-refractivity contribution in [2.75, 3.05) is 11.9 Å². The number of anilines is 1. The average Bonchev–Trinajstić information content (AvgIpc) is 3.13. The van der Waals surface area contributed by atoms with Crippen LogP contribution in [0.1, 0.15) is 12.8 Å². The zero-order valence-electron chi connectivity index (χ0n) is 9.78. The first-order chi connectivity index (χ1) is 8.97. The van der Waals surface area contributed by atoms with Crippen LogP contribution in [0.25, 0.3) is 0 Å². The summed E-state index contributed by atoms with van der Waals surface area (Å²) in [5.41, 5.74) is -0.302. The normalized spacial score (nSPS) is 14.0. The summed E-state index contributed by atoms with van der Waals surface area (Å²) in [7, 11) is 0. The average molecular weight is 332 g/mol. The van der Waals surface area contributed by atoms with Crippen molar-refractivity contribution in [3.63, 3.8) is 0 Å². The largest absolute Gasteiger partial charge is 0.371 e. The lowest BCUT2D eigenvalue weighted by molar-refractivity contribution is -0.384. The molecular formula is C11H11BrFN3O3. The Bertz CT molecular complexity index is 534. The first-order valence-electron chi connectivity index (χ1n) is 5.64. The molecule has 102 valence electrons. The van der Waals surface area contributed by atoms with E-state index in [1.807, 2.05) is 0 Å². The third kappa shape index (κ3) is 3.63. The second kappa shape index (κ2) is 5.52. The fraction of sp³-hybridized carbons (Fsp3) is 0.364. The van der Waals surface area contributed by atoms with Crippen molar-refractivity contribution < 1.29 is 14.1 Å². The Morgan fingerprint density at radius 1 is 1.53 bits per heavy atom. The van der Waals surface area contributed by atoms with Crippen LogP contribution in [0.3, 0.4) is 0 Å². The summed E-state index contributed by atoms with van der Waals surface area (Å²) in [4.78, 5) is 21.6. The number of rotatable bonds is 5.